The van der Waals surface area contributed by atoms with E-state index in [0.717, 1.165) is 18.4 Å². The number of esters is 1. The Hall–Kier alpha value is -0.870. The van der Waals surface area contributed by atoms with Crippen molar-refractivity contribution in [1.29, 1.82) is 0 Å². The lowest BCUT2D eigenvalue weighted by Gasteiger charge is -2.44. The highest BCUT2D eigenvalue weighted by molar-refractivity contribution is 5.76. The number of hydrogen-bond donors (Lipinski definition) is 2. The summed E-state index contributed by atoms with van der Waals surface area (Å²) in [5.74, 6) is 1.07. The van der Waals surface area contributed by atoms with Crippen molar-refractivity contribution >= 4 is 5.97 Å². The summed E-state index contributed by atoms with van der Waals surface area (Å²) in [4.78, 5) is 11.6. The number of cyclic esters (lactones) is 1. The van der Waals surface area contributed by atoms with Gasteiger partial charge in [0.2, 0.25) is 0 Å². The Labute approximate surface area is 132 Å². The standard InChI is InChI=1S/C18H28O4/c1-9(2)11-5-6-18(4)10(3)15(16(11)12(18)8-19)14-7-13(20)17(21)22-14/h9,11-16,19-20H,3,5-8H2,1-2,4H3. The van der Waals surface area contributed by atoms with Crippen LogP contribution < -0.4 is 0 Å². The molecule has 0 aromatic carbocycles. The van der Waals surface area contributed by atoms with Crippen LogP contribution in [0.25, 0.3) is 0 Å². The molecule has 2 N–H and O–H groups in total. The van der Waals surface area contributed by atoms with E-state index in [0.29, 0.717) is 24.2 Å². The van der Waals surface area contributed by atoms with Gasteiger partial charge in [0.25, 0.3) is 0 Å². The molecule has 0 radical (unpaired) electrons. The van der Waals surface area contributed by atoms with E-state index in [4.69, 9.17) is 4.74 Å². The lowest BCUT2D eigenvalue weighted by molar-refractivity contribution is -0.149. The highest BCUT2D eigenvalue weighted by atomic mass is 16.6. The lowest BCUT2D eigenvalue weighted by Crippen LogP contribution is -2.41. The van der Waals surface area contributed by atoms with Crippen LogP contribution in [0.5, 0.6) is 0 Å². The molecule has 0 spiro atoms. The second-order valence-corrected chi connectivity index (χ2v) is 8.01. The lowest BCUT2D eigenvalue weighted by atomic mass is 9.61. The van der Waals surface area contributed by atoms with E-state index in [9.17, 15) is 15.0 Å². The number of ether oxygens (including phenoxy) is 1. The molecular weight excluding hydrogens is 280 g/mol. The van der Waals surface area contributed by atoms with Crippen LogP contribution in [0.4, 0.5) is 0 Å². The zero-order chi connectivity index (χ0) is 16.2. The molecule has 2 bridgehead atoms. The van der Waals surface area contributed by atoms with Crippen LogP contribution in [-0.4, -0.2) is 35.0 Å². The number of rotatable bonds is 3. The van der Waals surface area contributed by atoms with Gasteiger partial charge in [-0.3, -0.25) is 0 Å². The van der Waals surface area contributed by atoms with Crippen molar-refractivity contribution in [3.8, 4) is 0 Å². The van der Waals surface area contributed by atoms with Crippen LogP contribution in [0.1, 0.15) is 40.0 Å². The number of carbonyl (C=O) groups is 1. The van der Waals surface area contributed by atoms with Gasteiger partial charge in [-0.15, -0.1) is 0 Å². The van der Waals surface area contributed by atoms with Gasteiger partial charge in [0.15, 0.2) is 6.10 Å². The first-order valence-electron chi connectivity index (χ1n) is 8.50. The van der Waals surface area contributed by atoms with E-state index in [2.05, 4.69) is 27.4 Å². The molecule has 1 aliphatic heterocycles. The van der Waals surface area contributed by atoms with Crippen LogP contribution in [-0.2, 0) is 9.53 Å². The maximum atomic E-state index is 11.6. The maximum Gasteiger partial charge on any atom is 0.335 e. The van der Waals surface area contributed by atoms with E-state index >= 15 is 0 Å². The SMILES string of the molecule is C=C1C(C2CC(O)C(=O)O2)C2C(C(C)C)CCC1(C)C2CO. The second kappa shape index (κ2) is 5.34. The molecule has 1 saturated heterocycles. The van der Waals surface area contributed by atoms with Gasteiger partial charge in [0.1, 0.15) is 6.10 Å². The van der Waals surface area contributed by atoms with Crippen molar-refractivity contribution in [2.75, 3.05) is 6.61 Å². The molecule has 7 atom stereocenters. The number of hydrogen-bond acceptors (Lipinski definition) is 4. The smallest absolute Gasteiger partial charge is 0.335 e. The second-order valence-electron chi connectivity index (χ2n) is 8.01. The Kier molecular flexibility index (Phi) is 3.89. The molecule has 3 aliphatic rings. The van der Waals surface area contributed by atoms with E-state index in [1.807, 2.05) is 0 Å². The van der Waals surface area contributed by atoms with Crippen LogP contribution in [0, 0.1) is 35.0 Å². The first kappa shape index (κ1) is 16.0. The molecule has 1 heterocycles. The van der Waals surface area contributed by atoms with E-state index in [1.54, 1.807) is 0 Å². The van der Waals surface area contributed by atoms with Crippen LogP contribution in [0.2, 0.25) is 0 Å². The molecule has 124 valence electrons. The molecule has 0 aromatic heterocycles. The topological polar surface area (TPSA) is 66.8 Å². The third-order valence-electron chi connectivity index (χ3n) is 6.77. The predicted octanol–water partition coefficient (Wildman–Crippen LogP) is 2.15. The van der Waals surface area contributed by atoms with Gasteiger partial charge in [-0.2, -0.15) is 0 Å². The van der Waals surface area contributed by atoms with E-state index in [-0.39, 0.29) is 30.0 Å². The van der Waals surface area contributed by atoms with Gasteiger partial charge in [0.05, 0.1) is 0 Å². The highest BCUT2D eigenvalue weighted by Crippen LogP contribution is 2.65. The van der Waals surface area contributed by atoms with Gasteiger partial charge in [-0.1, -0.05) is 32.9 Å². The summed E-state index contributed by atoms with van der Waals surface area (Å²) in [5, 5.41) is 19.8. The van der Waals surface area contributed by atoms with Crippen molar-refractivity contribution in [3.63, 3.8) is 0 Å². The Morgan fingerprint density at radius 2 is 2.14 bits per heavy atom. The first-order valence-corrected chi connectivity index (χ1v) is 8.50. The predicted molar refractivity (Wildman–Crippen MR) is 82.9 cm³/mol. The van der Waals surface area contributed by atoms with Crippen molar-refractivity contribution in [1.82, 2.24) is 0 Å². The molecule has 0 aromatic rings. The van der Waals surface area contributed by atoms with Gasteiger partial charge in [-0.25, -0.2) is 4.79 Å². The molecular formula is C18H28O4. The van der Waals surface area contributed by atoms with Crippen LogP contribution >= 0.6 is 0 Å². The fourth-order valence-corrected chi connectivity index (χ4v) is 5.48. The van der Waals surface area contributed by atoms with Gasteiger partial charge in [-0.05, 0) is 41.9 Å². The zero-order valence-corrected chi connectivity index (χ0v) is 13.8. The Balaban J connectivity index is 1.98. The van der Waals surface area contributed by atoms with E-state index in [1.165, 1.54) is 0 Å². The van der Waals surface area contributed by atoms with Crippen molar-refractivity contribution in [2.24, 2.45) is 35.0 Å². The Bertz CT molecular complexity index is 485. The number of fused-ring (bicyclic) bond motifs is 2. The van der Waals surface area contributed by atoms with Crippen molar-refractivity contribution in [2.45, 2.75) is 52.2 Å². The van der Waals surface area contributed by atoms with Crippen molar-refractivity contribution < 1.29 is 19.7 Å². The molecule has 0 amide bonds. The summed E-state index contributed by atoms with van der Waals surface area (Å²) >= 11 is 0. The minimum Gasteiger partial charge on any atom is -0.460 e. The third-order valence-corrected chi connectivity index (χ3v) is 6.77. The van der Waals surface area contributed by atoms with Crippen molar-refractivity contribution in [3.05, 3.63) is 12.2 Å². The fourth-order valence-electron chi connectivity index (χ4n) is 5.48. The quantitative estimate of drug-likeness (QED) is 0.619. The molecule has 2 aliphatic carbocycles. The van der Waals surface area contributed by atoms with Gasteiger partial charge < -0.3 is 14.9 Å². The minimum absolute atomic E-state index is 0.0677. The molecule has 2 saturated carbocycles. The highest BCUT2D eigenvalue weighted by Gasteiger charge is 2.61. The average molecular weight is 308 g/mol. The minimum atomic E-state index is -1.00. The molecule has 3 fully saturated rings. The number of aliphatic hydroxyl groups is 2. The van der Waals surface area contributed by atoms with Gasteiger partial charge >= 0.3 is 5.97 Å². The molecule has 3 rings (SSSR count). The van der Waals surface area contributed by atoms with Crippen LogP contribution in [0.3, 0.4) is 0 Å². The summed E-state index contributed by atoms with van der Waals surface area (Å²) in [6, 6.07) is 0. The van der Waals surface area contributed by atoms with E-state index < -0.39 is 12.1 Å². The van der Waals surface area contributed by atoms with Gasteiger partial charge in [0, 0.05) is 18.9 Å². The zero-order valence-electron chi connectivity index (χ0n) is 13.8. The summed E-state index contributed by atoms with van der Waals surface area (Å²) in [6.45, 7) is 11.2. The molecule has 4 nitrogen and oxygen atoms in total. The Morgan fingerprint density at radius 3 is 2.64 bits per heavy atom. The molecule has 4 heteroatoms. The molecule has 7 unspecified atom stereocenters. The maximum absolute atomic E-state index is 11.6. The number of aliphatic hydroxyl groups excluding tert-OH is 2. The summed E-state index contributed by atoms with van der Waals surface area (Å²) in [7, 11) is 0. The van der Waals surface area contributed by atoms with Crippen LogP contribution in [0.15, 0.2) is 12.2 Å². The monoisotopic (exact) mass is 308 g/mol. The largest absolute Gasteiger partial charge is 0.460 e. The Morgan fingerprint density at radius 1 is 1.45 bits per heavy atom. The summed E-state index contributed by atoms with van der Waals surface area (Å²) in [5.41, 5.74) is 1.04. The first-order chi connectivity index (χ1) is 10.3. The average Bonchev–Trinajstić information content (AvgIpc) is 2.83. The normalized spacial score (nSPS) is 48.1. The fraction of sp³-hybridized carbons (Fsp3) is 0.833. The summed E-state index contributed by atoms with van der Waals surface area (Å²) < 4.78 is 5.47. The summed E-state index contributed by atoms with van der Waals surface area (Å²) in [6.07, 6.45) is 1.24. The molecule has 22 heavy (non-hydrogen) atoms. The third kappa shape index (κ3) is 2.07. The number of carbonyl (C=O) groups excluding carboxylic acids is 1.